The van der Waals surface area contributed by atoms with Gasteiger partial charge < -0.3 is 34.8 Å². The van der Waals surface area contributed by atoms with E-state index in [1.165, 1.54) is 18.2 Å². The third-order valence-electron chi connectivity index (χ3n) is 8.77. The zero-order valence-electron chi connectivity index (χ0n) is 32.4. The van der Waals surface area contributed by atoms with E-state index in [9.17, 15) is 19.2 Å². The molecule has 18 nitrogen and oxygen atoms in total. The van der Waals surface area contributed by atoms with Crippen LogP contribution in [0.25, 0.3) is 22.1 Å². The van der Waals surface area contributed by atoms with E-state index in [2.05, 4.69) is 25.7 Å². The molecular weight excluding hydrogens is 734 g/mol. The Bertz CT molecular complexity index is 2470. The monoisotopic (exact) mass is 779 g/mol. The van der Waals surface area contributed by atoms with Crippen molar-refractivity contribution in [1.29, 1.82) is 0 Å². The van der Waals surface area contributed by atoms with Crippen LogP contribution >= 0.6 is 0 Å². The van der Waals surface area contributed by atoms with Crippen molar-refractivity contribution in [3.05, 3.63) is 76.8 Å². The van der Waals surface area contributed by atoms with E-state index in [1.54, 1.807) is 59.7 Å². The summed E-state index contributed by atoms with van der Waals surface area (Å²) in [6.07, 6.45) is 5.53. The Kier molecular flexibility index (Phi) is 12.0. The largest absolute Gasteiger partial charge is 0.491 e. The van der Waals surface area contributed by atoms with Gasteiger partial charge in [-0.2, -0.15) is 5.10 Å². The second kappa shape index (κ2) is 17.2. The van der Waals surface area contributed by atoms with Gasteiger partial charge in [-0.25, -0.2) is 14.8 Å². The molecule has 0 saturated heterocycles. The van der Waals surface area contributed by atoms with E-state index >= 15 is 0 Å². The number of imidazole rings is 2. The molecule has 6 rings (SSSR count). The van der Waals surface area contributed by atoms with E-state index in [-0.39, 0.29) is 61.6 Å². The van der Waals surface area contributed by atoms with Crippen LogP contribution < -0.4 is 31.6 Å². The first-order valence-corrected chi connectivity index (χ1v) is 18.5. The van der Waals surface area contributed by atoms with Crippen molar-refractivity contribution in [2.75, 3.05) is 37.0 Å². The molecule has 5 aromatic rings. The highest BCUT2D eigenvalue weighted by atomic mass is 16.5. The smallest absolute Gasteiger partial charge is 0.338 e. The maximum absolute atomic E-state index is 13.7. The molecule has 0 spiro atoms. The number of esters is 1. The molecule has 0 bridgehead atoms. The Morgan fingerprint density at radius 3 is 2.04 bits per heavy atom. The molecule has 3 aromatic heterocycles. The molecule has 0 fully saturated rings. The van der Waals surface area contributed by atoms with Gasteiger partial charge in [0.05, 0.1) is 42.1 Å². The fourth-order valence-corrected chi connectivity index (χ4v) is 6.35. The van der Waals surface area contributed by atoms with Crippen molar-refractivity contribution in [3.63, 3.8) is 0 Å². The van der Waals surface area contributed by atoms with Crippen molar-refractivity contribution in [3.8, 4) is 11.5 Å². The van der Waals surface area contributed by atoms with Crippen LogP contribution in [0.4, 0.5) is 11.9 Å². The number of benzene rings is 2. The van der Waals surface area contributed by atoms with E-state index < -0.39 is 23.7 Å². The van der Waals surface area contributed by atoms with E-state index in [0.29, 0.717) is 70.2 Å². The minimum atomic E-state index is -0.685. The first kappa shape index (κ1) is 39.7. The zero-order valence-corrected chi connectivity index (χ0v) is 32.4. The molecule has 0 atom stereocenters. The molecule has 0 aliphatic carbocycles. The van der Waals surface area contributed by atoms with Gasteiger partial charge in [-0.3, -0.25) is 34.7 Å². The Balaban J connectivity index is 1.46. The Hall–Kier alpha value is -6.98. The Morgan fingerprint density at radius 1 is 0.877 bits per heavy atom. The number of ether oxygens (including phenoxy) is 3. The molecule has 4 heterocycles. The number of rotatable bonds is 10. The van der Waals surface area contributed by atoms with Crippen LogP contribution in [0.1, 0.15) is 71.0 Å². The topological polar surface area (TPSA) is 238 Å². The average Bonchev–Trinajstić information content (AvgIpc) is 3.84. The average molecular weight is 780 g/mol. The number of carbonyl (C=O) groups excluding carboxylic acids is 4. The number of nitrogens with zero attached hydrogens (tertiary/aromatic N) is 7. The first-order valence-electron chi connectivity index (χ1n) is 18.5. The van der Waals surface area contributed by atoms with E-state index in [1.807, 2.05) is 19.1 Å². The van der Waals surface area contributed by atoms with Crippen molar-refractivity contribution in [1.82, 2.24) is 28.9 Å². The van der Waals surface area contributed by atoms with Crippen molar-refractivity contribution in [2.24, 2.45) is 16.5 Å². The fourth-order valence-electron chi connectivity index (χ4n) is 6.35. The minimum Gasteiger partial charge on any atom is -0.491 e. The summed E-state index contributed by atoms with van der Waals surface area (Å²) < 4.78 is 23.0. The summed E-state index contributed by atoms with van der Waals surface area (Å²) in [5.74, 6) is -1.20. The third-order valence-corrected chi connectivity index (χ3v) is 8.77. The maximum atomic E-state index is 13.7. The van der Waals surface area contributed by atoms with Gasteiger partial charge >= 0.3 is 5.97 Å². The number of amides is 3. The Labute approximate surface area is 327 Å². The van der Waals surface area contributed by atoms with Gasteiger partial charge in [0.1, 0.15) is 33.9 Å². The van der Waals surface area contributed by atoms with Crippen LogP contribution in [0.3, 0.4) is 0 Å². The van der Waals surface area contributed by atoms with Crippen LogP contribution in [-0.2, 0) is 29.2 Å². The second-order valence-electron chi connectivity index (χ2n) is 13.0. The number of carbonyl (C=O) groups is 4. The van der Waals surface area contributed by atoms with Gasteiger partial charge in [-0.1, -0.05) is 12.2 Å². The fraction of sp³-hybridized carbons (Fsp3) is 0.333. The van der Waals surface area contributed by atoms with Gasteiger partial charge in [0, 0.05) is 43.9 Å². The van der Waals surface area contributed by atoms with Crippen LogP contribution in [-0.4, -0.2) is 84.7 Å². The number of allylic oxidation sites excluding steroid dienone is 3. The van der Waals surface area contributed by atoms with Gasteiger partial charge in [0.15, 0.2) is 0 Å². The number of aryl methyl sites for hydroxylation is 2. The molecule has 0 unspecified atom stereocenters. The normalized spacial score (nSPS) is 14.3. The standard InChI is InChI=1S/C39H45N11O7/c1-6-42-28(16-22(4)40)35(52)45-38-43-26-18-24(34(41)51)20-30-32(26)48(38)12-9-10-13-49-33-27(44-39(49)46-36(53)29-17-23(5)47-50(29)7-2)19-25(37(54)55-8-3)21-31(33)57-15-11-14-56-30/h9-10,16-21H,6-8,11-15,40H2,1-5H3,(H2,41,51)(H,43,45,52)(H,44,46,53)/b10-9+,22-16?,42-28?. The summed E-state index contributed by atoms with van der Waals surface area (Å²) in [6.45, 7) is 10.5. The van der Waals surface area contributed by atoms with E-state index in [0.717, 1.165) is 0 Å². The molecular formula is C39H45N11O7. The summed E-state index contributed by atoms with van der Waals surface area (Å²) in [7, 11) is 0. The van der Waals surface area contributed by atoms with Gasteiger partial charge in [0.2, 0.25) is 17.8 Å². The number of nitrogens with two attached hydrogens (primary N) is 2. The van der Waals surface area contributed by atoms with Crippen LogP contribution in [0.2, 0.25) is 0 Å². The lowest BCUT2D eigenvalue weighted by molar-refractivity contribution is -0.110. The predicted molar refractivity (Wildman–Crippen MR) is 214 cm³/mol. The van der Waals surface area contributed by atoms with Crippen molar-refractivity contribution < 1.29 is 33.4 Å². The van der Waals surface area contributed by atoms with Crippen LogP contribution in [0.15, 0.2) is 59.2 Å². The number of aliphatic imine (C=N–C) groups is 1. The van der Waals surface area contributed by atoms with Gasteiger partial charge in [-0.15, -0.1) is 0 Å². The summed E-state index contributed by atoms with van der Waals surface area (Å²) in [5.41, 5.74) is 15.3. The first-order chi connectivity index (χ1) is 27.4. The minimum absolute atomic E-state index is 0.111. The predicted octanol–water partition coefficient (Wildman–Crippen LogP) is 4.12. The third kappa shape index (κ3) is 8.64. The summed E-state index contributed by atoms with van der Waals surface area (Å²) in [4.78, 5) is 66.3. The SMILES string of the molecule is CCN=C(C=C(C)N)C(=O)Nc1nc2cc(C(N)=O)cc3c2n1C/C=C/Cn1c(NC(=O)c2cc(C)nn2CC)nc2cc(C(=O)OCC)cc(c21)OCCCO3. The number of anilines is 2. The number of aromatic nitrogens is 6. The summed E-state index contributed by atoms with van der Waals surface area (Å²) >= 11 is 0. The summed E-state index contributed by atoms with van der Waals surface area (Å²) in [5, 5.41) is 10.2. The highest BCUT2D eigenvalue weighted by Gasteiger charge is 2.24. The van der Waals surface area contributed by atoms with Crippen LogP contribution in [0.5, 0.6) is 11.5 Å². The van der Waals surface area contributed by atoms with Crippen molar-refractivity contribution >= 4 is 63.4 Å². The zero-order chi connectivity index (χ0) is 40.8. The number of primary amides is 1. The lowest BCUT2D eigenvalue weighted by atomic mass is 10.1. The maximum Gasteiger partial charge on any atom is 0.338 e. The molecule has 1 aliphatic rings. The Morgan fingerprint density at radius 2 is 1.47 bits per heavy atom. The number of hydrogen-bond acceptors (Lipinski definition) is 12. The quantitative estimate of drug-likeness (QED) is 0.0894. The molecule has 298 valence electrons. The lowest BCUT2D eigenvalue weighted by Gasteiger charge is -2.14. The molecule has 6 N–H and O–H groups in total. The molecule has 0 radical (unpaired) electrons. The molecule has 0 saturated carbocycles. The van der Waals surface area contributed by atoms with Gasteiger partial charge in [-0.05, 0) is 71.0 Å². The molecule has 57 heavy (non-hydrogen) atoms. The molecule has 1 aliphatic heterocycles. The molecule has 18 heteroatoms. The highest BCUT2D eigenvalue weighted by molar-refractivity contribution is 6.47. The molecule has 3 amide bonds. The number of hydrogen-bond donors (Lipinski definition) is 4. The second-order valence-corrected chi connectivity index (χ2v) is 13.0. The molecule has 2 aromatic carbocycles. The van der Waals surface area contributed by atoms with Gasteiger partial charge in [0.25, 0.3) is 11.8 Å². The lowest BCUT2D eigenvalue weighted by Crippen LogP contribution is -2.24. The number of nitrogens with one attached hydrogen (secondary N) is 2. The van der Waals surface area contributed by atoms with E-state index in [4.69, 9.17) is 30.7 Å². The van der Waals surface area contributed by atoms with Crippen molar-refractivity contribution in [2.45, 2.75) is 60.7 Å². The highest BCUT2D eigenvalue weighted by Crippen LogP contribution is 2.34. The van der Waals surface area contributed by atoms with Crippen LogP contribution in [0, 0.1) is 6.92 Å². The summed E-state index contributed by atoms with van der Waals surface area (Å²) in [6, 6.07) is 7.94.